The van der Waals surface area contributed by atoms with Crippen LogP contribution < -0.4 is 10.6 Å². The number of aromatic nitrogens is 1. The first kappa shape index (κ1) is 8.99. The van der Waals surface area contributed by atoms with Crippen molar-refractivity contribution in [3.8, 4) is 0 Å². The summed E-state index contributed by atoms with van der Waals surface area (Å²) in [5.74, 6) is 0.894. The molecule has 2 rings (SSSR count). The van der Waals surface area contributed by atoms with Crippen LogP contribution in [0, 0.1) is 6.92 Å². The van der Waals surface area contributed by atoms with Gasteiger partial charge in [-0.1, -0.05) is 6.07 Å². The second kappa shape index (κ2) is 4.09. The van der Waals surface area contributed by atoms with Crippen LogP contribution in [0.5, 0.6) is 0 Å². The summed E-state index contributed by atoms with van der Waals surface area (Å²) in [6.45, 7) is 4.57. The highest BCUT2D eigenvalue weighted by Crippen LogP contribution is 1.98. The molecule has 0 aliphatic carbocycles. The lowest BCUT2D eigenvalue weighted by molar-refractivity contribution is 0.861. The van der Waals surface area contributed by atoms with Crippen LogP contribution in [-0.2, 0) is 6.54 Å². The Bertz CT molecular complexity index is 328. The van der Waals surface area contributed by atoms with E-state index in [0.29, 0.717) is 0 Å². The van der Waals surface area contributed by atoms with Crippen LogP contribution in [0.25, 0.3) is 0 Å². The van der Waals surface area contributed by atoms with Gasteiger partial charge in [0.1, 0.15) is 0 Å². The first-order chi connectivity index (χ1) is 6.84. The molecule has 4 heteroatoms. The number of nitrogens with one attached hydrogen (secondary N) is 2. The molecule has 14 heavy (non-hydrogen) atoms. The Kier molecular flexibility index (Phi) is 2.62. The van der Waals surface area contributed by atoms with Crippen molar-refractivity contribution >= 4 is 5.96 Å². The third-order valence-electron chi connectivity index (χ3n) is 2.11. The van der Waals surface area contributed by atoms with Gasteiger partial charge in [0.15, 0.2) is 5.96 Å². The third kappa shape index (κ3) is 2.22. The van der Waals surface area contributed by atoms with Crippen LogP contribution >= 0.6 is 0 Å². The maximum absolute atomic E-state index is 4.24. The van der Waals surface area contributed by atoms with Gasteiger partial charge in [0.05, 0.1) is 6.54 Å². The average molecular weight is 190 g/mol. The van der Waals surface area contributed by atoms with Crippen molar-refractivity contribution in [1.29, 1.82) is 0 Å². The van der Waals surface area contributed by atoms with Crippen LogP contribution in [0.3, 0.4) is 0 Å². The van der Waals surface area contributed by atoms with E-state index < -0.39 is 0 Å². The lowest BCUT2D eigenvalue weighted by Gasteiger charge is -2.05. The molecule has 0 saturated carbocycles. The van der Waals surface area contributed by atoms with Crippen molar-refractivity contribution in [2.45, 2.75) is 13.5 Å². The van der Waals surface area contributed by atoms with E-state index in [1.807, 2.05) is 19.2 Å². The molecule has 2 N–H and O–H groups in total. The van der Waals surface area contributed by atoms with Crippen LogP contribution in [-0.4, -0.2) is 24.0 Å². The topological polar surface area (TPSA) is 49.3 Å². The number of pyridine rings is 1. The maximum Gasteiger partial charge on any atom is 0.191 e. The predicted molar refractivity (Wildman–Crippen MR) is 56.1 cm³/mol. The van der Waals surface area contributed by atoms with Crippen molar-refractivity contribution < 1.29 is 0 Å². The highest BCUT2D eigenvalue weighted by atomic mass is 15.2. The van der Waals surface area contributed by atoms with Gasteiger partial charge in [-0.15, -0.1) is 0 Å². The molecular formula is C10H14N4. The molecule has 1 aliphatic heterocycles. The standard InChI is InChI=1S/C10H14N4/c1-8-2-3-9(6-13-8)7-14-10-11-4-5-12-10/h2-3,6H,4-5,7H2,1H3,(H2,11,12,14). The Balaban J connectivity index is 1.88. The van der Waals surface area contributed by atoms with E-state index in [0.717, 1.165) is 31.3 Å². The minimum Gasteiger partial charge on any atom is -0.355 e. The lowest BCUT2D eigenvalue weighted by Crippen LogP contribution is -2.33. The summed E-state index contributed by atoms with van der Waals surface area (Å²) in [6.07, 6.45) is 1.89. The summed E-state index contributed by atoms with van der Waals surface area (Å²) in [7, 11) is 0. The fourth-order valence-corrected chi connectivity index (χ4v) is 1.31. The summed E-state index contributed by atoms with van der Waals surface area (Å²) in [6, 6.07) is 4.09. The smallest absolute Gasteiger partial charge is 0.191 e. The van der Waals surface area contributed by atoms with Gasteiger partial charge >= 0.3 is 0 Å². The van der Waals surface area contributed by atoms with E-state index in [1.54, 1.807) is 0 Å². The molecule has 1 aromatic heterocycles. The summed E-state index contributed by atoms with van der Waals surface area (Å²) < 4.78 is 0. The minimum absolute atomic E-state index is 0.777. The van der Waals surface area contributed by atoms with Gasteiger partial charge < -0.3 is 10.6 Å². The molecule has 0 saturated heterocycles. The molecule has 0 amide bonds. The number of rotatable bonds is 2. The zero-order valence-corrected chi connectivity index (χ0v) is 8.25. The zero-order valence-electron chi connectivity index (χ0n) is 8.25. The van der Waals surface area contributed by atoms with Gasteiger partial charge in [0, 0.05) is 25.0 Å². The van der Waals surface area contributed by atoms with Crippen LogP contribution in [0.4, 0.5) is 0 Å². The van der Waals surface area contributed by atoms with Gasteiger partial charge in [-0.25, -0.2) is 0 Å². The molecule has 4 nitrogen and oxygen atoms in total. The number of aryl methyl sites for hydroxylation is 1. The summed E-state index contributed by atoms with van der Waals surface area (Å²) in [5.41, 5.74) is 2.22. The normalized spacial score (nSPS) is 14.8. The highest BCUT2D eigenvalue weighted by Gasteiger charge is 2.03. The molecule has 0 fully saturated rings. The molecule has 74 valence electrons. The molecule has 1 aromatic rings. The minimum atomic E-state index is 0.777. The first-order valence-electron chi connectivity index (χ1n) is 4.78. The SMILES string of the molecule is Cc1ccc(CNC2=NCCN2)cn1. The lowest BCUT2D eigenvalue weighted by atomic mass is 10.2. The molecule has 0 aromatic carbocycles. The van der Waals surface area contributed by atoms with Crippen molar-refractivity contribution in [3.63, 3.8) is 0 Å². The predicted octanol–water partition coefficient (Wildman–Crippen LogP) is 0.439. The molecular weight excluding hydrogens is 176 g/mol. The zero-order chi connectivity index (χ0) is 9.80. The molecule has 0 atom stereocenters. The van der Waals surface area contributed by atoms with E-state index in [-0.39, 0.29) is 0 Å². The van der Waals surface area contributed by atoms with Crippen molar-refractivity contribution in [3.05, 3.63) is 29.6 Å². The Hall–Kier alpha value is -1.58. The fraction of sp³-hybridized carbons (Fsp3) is 0.400. The third-order valence-corrected chi connectivity index (χ3v) is 2.11. The van der Waals surface area contributed by atoms with E-state index in [9.17, 15) is 0 Å². The summed E-state index contributed by atoms with van der Waals surface area (Å²) in [5, 5.41) is 6.37. The number of aliphatic imine (C=N–C) groups is 1. The van der Waals surface area contributed by atoms with Gasteiger partial charge in [-0.05, 0) is 18.6 Å². The molecule has 0 bridgehead atoms. The number of guanidine groups is 1. The quantitative estimate of drug-likeness (QED) is 0.711. The van der Waals surface area contributed by atoms with E-state index in [2.05, 4.69) is 26.7 Å². The van der Waals surface area contributed by atoms with Gasteiger partial charge in [-0.3, -0.25) is 9.98 Å². The van der Waals surface area contributed by atoms with Gasteiger partial charge in [0.2, 0.25) is 0 Å². The number of hydrogen-bond acceptors (Lipinski definition) is 4. The molecule has 2 heterocycles. The molecule has 0 unspecified atom stereocenters. The Morgan fingerprint density at radius 2 is 2.43 bits per heavy atom. The maximum atomic E-state index is 4.24. The summed E-state index contributed by atoms with van der Waals surface area (Å²) in [4.78, 5) is 8.47. The summed E-state index contributed by atoms with van der Waals surface area (Å²) >= 11 is 0. The van der Waals surface area contributed by atoms with Crippen molar-refractivity contribution in [1.82, 2.24) is 15.6 Å². The van der Waals surface area contributed by atoms with Crippen LogP contribution in [0.15, 0.2) is 23.3 Å². The average Bonchev–Trinajstić information content (AvgIpc) is 2.70. The monoisotopic (exact) mass is 190 g/mol. The van der Waals surface area contributed by atoms with E-state index in [1.165, 1.54) is 5.56 Å². The second-order valence-electron chi connectivity index (χ2n) is 3.32. The second-order valence-corrected chi connectivity index (χ2v) is 3.32. The fourth-order valence-electron chi connectivity index (χ4n) is 1.31. The first-order valence-corrected chi connectivity index (χ1v) is 4.78. The Morgan fingerprint density at radius 1 is 1.50 bits per heavy atom. The van der Waals surface area contributed by atoms with E-state index >= 15 is 0 Å². The van der Waals surface area contributed by atoms with Crippen molar-refractivity contribution in [2.24, 2.45) is 4.99 Å². The van der Waals surface area contributed by atoms with E-state index in [4.69, 9.17) is 0 Å². The molecule has 0 radical (unpaired) electrons. The Morgan fingerprint density at radius 3 is 3.07 bits per heavy atom. The van der Waals surface area contributed by atoms with Crippen LogP contribution in [0.2, 0.25) is 0 Å². The number of nitrogens with zero attached hydrogens (tertiary/aromatic N) is 2. The van der Waals surface area contributed by atoms with Gasteiger partial charge in [-0.2, -0.15) is 0 Å². The molecule has 1 aliphatic rings. The molecule has 0 spiro atoms. The van der Waals surface area contributed by atoms with Gasteiger partial charge in [0.25, 0.3) is 0 Å². The van der Waals surface area contributed by atoms with Crippen LogP contribution in [0.1, 0.15) is 11.3 Å². The highest BCUT2D eigenvalue weighted by molar-refractivity contribution is 5.81. The largest absolute Gasteiger partial charge is 0.355 e. The number of hydrogen-bond donors (Lipinski definition) is 2. The van der Waals surface area contributed by atoms with Crippen molar-refractivity contribution in [2.75, 3.05) is 13.1 Å². The Labute approximate surface area is 83.5 Å².